The SMILES string of the molecule is Cc1nc(-c2n[nH]c(C3CC3)n2)cs1. The summed E-state index contributed by atoms with van der Waals surface area (Å²) in [6.45, 7) is 1.99. The van der Waals surface area contributed by atoms with Crippen LogP contribution in [-0.2, 0) is 0 Å². The van der Waals surface area contributed by atoms with Gasteiger partial charge in [-0.1, -0.05) is 0 Å². The number of nitrogens with one attached hydrogen (secondary N) is 1. The van der Waals surface area contributed by atoms with Crippen LogP contribution in [0.3, 0.4) is 0 Å². The monoisotopic (exact) mass is 206 g/mol. The number of hydrogen-bond acceptors (Lipinski definition) is 4. The van der Waals surface area contributed by atoms with E-state index in [-0.39, 0.29) is 0 Å². The van der Waals surface area contributed by atoms with Crippen molar-refractivity contribution in [1.29, 1.82) is 0 Å². The normalized spacial score (nSPS) is 16.1. The predicted molar refractivity (Wildman–Crippen MR) is 54.2 cm³/mol. The van der Waals surface area contributed by atoms with E-state index >= 15 is 0 Å². The standard InChI is InChI=1S/C9H10N4S/c1-5-10-7(4-14-5)9-11-8(12-13-9)6-2-3-6/h4,6H,2-3H2,1H3,(H,11,12,13). The van der Waals surface area contributed by atoms with Crippen LogP contribution in [0.2, 0.25) is 0 Å². The van der Waals surface area contributed by atoms with Gasteiger partial charge in [-0.15, -0.1) is 11.3 Å². The first-order chi connectivity index (χ1) is 6.83. The fourth-order valence-electron chi connectivity index (χ4n) is 1.39. The number of aromatic amines is 1. The Bertz CT molecular complexity index is 455. The van der Waals surface area contributed by atoms with Gasteiger partial charge in [0, 0.05) is 11.3 Å². The lowest BCUT2D eigenvalue weighted by atomic mass is 10.4. The first-order valence-electron chi connectivity index (χ1n) is 4.68. The zero-order valence-corrected chi connectivity index (χ0v) is 8.64. The minimum Gasteiger partial charge on any atom is -0.262 e. The number of hydrogen-bond donors (Lipinski definition) is 1. The highest BCUT2D eigenvalue weighted by Crippen LogP contribution is 2.38. The van der Waals surface area contributed by atoms with Crippen molar-refractivity contribution < 1.29 is 0 Å². The summed E-state index contributed by atoms with van der Waals surface area (Å²) in [5, 5.41) is 10.2. The zero-order chi connectivity index (χ0) is 9.54. The minimum absolute atomic E-state index is 0.621. The third-order valence-electron chi connectivity index (χ3n) is 2.31. The van der Waals surface area contributed by atoms with E-state index in [0.717, 1.165) is 22.4 Å². The highest BCUT2D eigenvalue weighted by atomic mass is 32.1. The van der Waals surface area contributed by atoms with Crippen LogP contribution in [0.1, 0.15) is 29.6 Å². The molecule has 2 heterocycles. The summed E-state index contributed by atoms with van der Waals surface area (Å²) < 4.78 is 0. The highest BCUT2D eigenvalue weighted by molar-refractivity contribution is 7.09. The molecule has 4 nitrogen and oxygen atoms in total. The van der Waals surface area contributed by atoms with Gasteiger partial charge in [-0.25, -0.2) is 9.97 Å². The van der Waals surface area contributed by atoms with Crippen molar-refractivity contribution in [2.75, 3.05) is 0 Å². The number of thiazole rings is 1. The number of rotatable bonds is 2. The van der Waals surface area contributed by atoms with E-state index in [0.29, 0.717) is 5.92 Å². The maximum atomic E-state index is 4.43. The molecule has 1 fully saturated rings. The molecule has 1 aliphatic rings. The van der Waals surface area contributed by atoms with Gasteiger partial charge in [0.1, 0.15) is 11.5 Å². The first kappa shape index (κ1) is 8.11. The van der Waals surface area contributed by atoms with Gasteiger partial charge in [0.2, 0.25) is 5.82 Å². The van der Waals surface area contributed by atoms with Crippen molar-refractivity contribution in [1.82, 2.24) is 20.2 Å². The molecular weight excluding hydrogens is 196 g/mol. The van der Waals surface area contributed by atoms with Gasteiger partial charge in [-0.2, -0.15) is 5.10 Å². The van der Waals surface area contributed by atoms with Gasteiger partial charge < -0.3 is 0 Å². The summed E-state index contributed by atoms with van der Waals surface area (Å²) in [7, 11) is 0. The van der Waals surface area contributed by atoms with E-state index in [1.54, 1.807) is 11.3 Å². The number of aromatic nitrogens is 4. The molecule has 1 N–H and O–H groups in total. The summed E-state index contributed by atoms with van der Waals surface area (Å²) in [6.07, 6.45) is 2.48. The smallest absolute Gasteiger partial charge is 0.200 e. The quantitative estimate of drug-likeness (QED) is 0.818. The molecule has 0 spiro atoms. The third kappa shape index (κ3) is 1.33. The molecule has 0 atom stereocenters. The lowest BCUT2D eigenvalue weighted by molar-refractivity contribution is 0.935. The summed E-state index contributed by atoms with van der Waals surface area (Å²) in [6, 6.07) is 0. The second-order valence-corrected chi connectivity index (χ2v) is 4.63. The Hall–Kier alpha value is -1.23. The molecule has 1 saturated carbocycles. The fourth-order valence-corrected chi connectivity index (χ4v) is 1.99. The topological polar surface area (TPSA) is 54.5 Å². The number of H-pyrrole nitrogens is 1. The minimum atomic E-state index is 0.621. The van der Waals surface area contributed by atoms with E-state index in [9.17, 15) is 0 Å². The molecule has 1 aliphatic carbocycles. The van der Waals surface area contributed by atoms with Crippen LogP contribution in [0.5, 0.6) is 0 Å². The van der Waals surface area contributed by atoms with Crippen molar-refractivity contribution in [2.24, 2.45) is 0 Å². The number of aryl methyl sites for hydroxylation is 1. The highest BCUT2D eigenvalue weighted by Gasteiger charge is 2.27. The average molecular weight is 206 g/mol. The van der Waals surface area contributed by atoms with Gasteiger partial charge in [-0.3, -0.25) is 5.10 Å². The lowest BCUT2D eigenvalue weighted by Crippen LogP contribution is -1.82. The van der Waals surface area contributed by atoms with Crippen LogP contribution in [0, 0.1) is 6.92 Å². The second-order valence-electron chi connectivity index (χ2n) is 3.57. The molecule has 72 valence electrons. The van der Waals surface area contributed by atoms with Gasteiger partial charge in [0.05, 0.1) is 5.01 Å². The van der Waals surface area contributed by atoms with E-state index in [4.69, 9.17) is 0 Å². The molecule has 0 radical (unpaired) electrons. The van der Waals surface area contributed by atoms with Crippen LogP contribution in [-0.4, -0.2) is 20.2 Å². The fraction of sp³-hybridized carbons (Fsp3) is 0.444. The Morgan fingerprint density at radius 2 is 2.29 bits per heavy atom. The van der Waals surface area contributed by atoms with Crippen molar-refractivity contribution in [2.45, 2.75) is 25.7 Å². The lowest BCUT2D eigenvalue weighted by Gasteiger charge is -1.85. The van der Waals surface area contributed by atoms with E-state index in [1.807, 2.05) is 12.3 Å². The van der Waals surface area contributed by atoms with Crippen LogP contribution >= 0.6 is 11.3 Å². The Morgan fingerprint density at radius 3 is 2.93 bits per heavy atom. The first-order valence-corrected chi connectivity index (χ1v) is 5.55. The predicted octanol–water partition coefficient (Wildman–Crippen LogP) is 2.11. The molecule has 0 saturated heterocycles. The molecule has 0 unspecified atom stereocenters. The summed E-state index contributed by atoms with van der Waals surface area (Å²) in [5.74, 6) is 2.37. The Balaban J connectivity index is 1.95. The maximum absolute atomic E-state index is 4.43. The zero-order valence-electron chi connectivity index (χ0n) is 7.82. The molecule has 0 bridgehead atoms. The molecule has 14 heavy (non-hydrogen) atoms. The largest absolute Gasteiger partial charge is 0.262 e. The Morgan fingerprint density at radius 1 is 1.43 bits per heavy atom. The van der Waals surface area contributed by atoms with Crippen molar-refractivity contribution in [3.63, 3.8) is 0 Å². The van der Waals surface area contributed by atoms with Crippen molar-refractivity contribution >= 4 is 11.3 Å². The van der Waals surface area contributed by atoms with E-state index in [2.05, 4.69) is 20.2 Å². The maximum Gasteiger partial charge on any atom is 0.200 e. The number of nitrogens with zero attached hydrogens (tertiary/aromatic N) is 3. The van der Waals surface area contributed by atoms with Gasteiger partial charge in [0.25, 0.3) is 0 Å². The van der Waals surface area contributed by atoms with Crippen molar-refractivity contribution in [3.8, 4) is 11.5 Å². The van der Waals surface area contributed by atoms with Crippen LogP contribution in [0.15, 0.2) is 5.38 Å². The summed E-state index contributed by atoms with van der Waals surface area (Å²) >= 11 is 1.63. The van der Waals surface area contributed by atoms with Crippen LogP contribution in [0.25, 0.3) is 11.5 Å². The Kier molecular flexibility index (Phi) is 1.67. The molecule has 0 aromatic carbocycles. The molecule has 2 aromatic rings. The van der Waals surface area contributed by atoms with Crippen LogP contribution < -0.4 is 0 Å². The molecule has 3 rings (SSSR count). The van der Waals surface area contributed by atoms with Gasteiger partial charge in [-0.05, 0) is 19.8 Å². The van der Waals surface area contributed by atoms with Crippen LogP contribution in [0.4, 0.5) is 0 Å². The molecule has 0 aliphatic heterocycles. The summed E-state index contributed by atoms with van der Waals surface area (Å²) in [5.41, 5.74) is 0.885. The van der Waals surface area contributed by atoms with E-state index in [1.165, 1.54) is 12.8 Å². The summed E-state index contributed by atoms with van der Waals surface area (Å²) in [4.78, 5) is 8.78. The van der Waals surface area contributed by atoms with Crippen molar-refractivity contribution in [3.05, 3.63) is 16.2 Å². The molecule has 0 amide bonds. The van der Waals surface area contributed by atoms with Gasteiger partial charge >= 0.3 is 0 Å². The van der Waals surface area contributed by atoms with Gasteiger partial charge in [0.15, 0.2) is 0 Å². The van der Waals surface area contributed by atoms with E-state index < -0.39 is 0 Å². The molecule has 5 heteroatoms. The third-order valence-corrected chi connectivity index (χ3v) is 3.09. The molecule has 2 aromatic heterocycles. The molecular formula is C9H10N4S. The Labute approximate surface area is 85.4 Å². The second kappa shape index (κ2) is 2.88. The average Bonchev–Trinajstić information content (AvgIpc) is 2.76.